The third kappa shape index (κ3) is 3.35. The topological polar surface area (TPSA) is 26.0 Å². The Balaban J connectivity index is 1.92. The average molecular weight is 358 g/mol. The van der Waals surface area contributed by atoms with Crippen LogP contribution >= 0.6 is 0 Å². The van der Waals surface area contributed by atoms with Gasteiger partial charge in [-0.3, -0.25) is 0 Å². The summed E-state index contributed by atoms with van der Waals surface area (Å²) in [5, 5.41) is 2.45. The maximum Gasteiger partial charge on any atom is 0.226 e. The Labute approximate surface area is 155 Å². The first kappa shape index (κ1) is 16.8. The second-order valence-electron chi connectivity index (χ2n) is 7.92. The SMILES string of the molecule is C[Si](C)(C)Cc1oc(-c2ccccc2)nc1-c1cccc2ccccc12. The molecule has 0 atom stereocenters. The highest BCUT2D eigenvalue weighted by Crippen LogP contribution is 2.34. The van der Waals surface area contributed by atoms with Crippen molar-refractivity contribution in [1.82, 2.24) is 4.98 Å². The highest BCUT2D eigenvalue weighted by atomic mass is 28.3. The Kier molecular flexibility index (Phi) is 4.25. The average Bonchev–Trinajstić information content (AvgIpc) is 3.04. The summed E-state index contributed by atoms with van der Waals surface area (Å²) in [6.45, 7) is 7.10. The molecule has 0 unspecified atom stereocenters. The summed E-state index contributed by atoms with van der Waals surface area (Å²) in [7, 11) is -1.35. The summed E-state index contributed by atoms with van der Waals surface area (Å²) < 4.78 is 6.30. The summed E-state index contributed by atoms with van der Waals surface area (Å²) in [6.07, 6.45) is 0. The molecule has 0 amide bonds. The van der Waals surface area contributed by atoms with E-state index in [1.165, 1.54) is 10.8 Å². The minimum absolute atomic E-state index is 0.710. The maximum absolute atomic E-state index is 6.30. The number of aromatic nitrogens is 1. The molecular weight excluding hydrogens is 334 g/mol. The molecule has 26 heavy (non-hydrogen) atoms. The van der Waals surface area contributed by atoms with Gasteiger partial charge in [-0.05, 0) is 22.9 Å². The van der Waals surface area contributed by atoms with Crippen molar-refractivity contribution in [1.29, 1.82) is 0 Å². The van der Waals surface area contributed by atoms with Gasteiger partial charge in [0, 0.05) is 17.2 Å². The van der Waals surface area contributed by atoms with Crippen LogP contribution in [0, 0.1) is 0 Å². The first-order valence-corrected chi connectivity index (χ1v) is 12.8. The second kappa shape index (κ2) is 6.58. The van der Waals surface area contributed by atoms with Crippen LogP contribution in [0.2, 0.25) is 19.6 Å². The van der Waals surface area contributed by atoms with Gasteiger partial charge in [0.15, 0.2) is 0 Å². The standard InChI is InChI=1S/C23H23NOSi/c1-26(2,3)16-21-22(24-23(25-21)18-11-5-4-6-12-18)20-15-9-13-17-10-7-8-14-19(17)20/h4-15H,16H2,1-3H3. The van der Waals surface area contributed by atoms with Crippen molar-refractivity contribution in [2.24, 2.45) is 0 Å². The van der Waals surface area contributed by atoms with Crippen LogP contribution in [0.15, 0.2) is 77.2 Å². The van der Waals surface area contributed by atoms with Crippen LogP contribution in [0.3, 0.4) is 0 Å². The fourth-order valence-corrected chi connectivity index (χ4v) is 4.50. The van der Waals surface area contributed by atoms with E-state index in [0.29, 0.717) is 5.89 Å². The van der Waals surface area contributed by atoms with E-state index in [4.69, 9.17) is 9.40 Å². The van der Waals surface area contributed by atoms with Gasteiger partial charge in [0.05, 0.1) is 8.07 Å². The third-order valence-electron chi connectivity index (χ3n) is 4.45. The van der Waals surface area contributed by atoms with Crippen molar-refractivity contribution in [2.75, 3.05) is 0 Å². The van der Waals surface area contributed by atoms with Crippen molar-refractivity contribution >= 4 is 18.8 Å². The predicted octanol–water partition coefficient (Wildman–Crippen LogP) is 6.58. The van der Waals surface area contributed by atoms with Crippen LogP contribution in [0.5, 0.6) is 0 Å². The van der Waals surface area contributed by atoms with Crippen LogP contribution in [0.1, 0.15) is 5.76 Å². The fraction of sp³-hybridized carbons (Fsp3) is 0.174. The van der Waals surface area contributed by atoms with E-state index in [9.17, 15) is 0 Å². The van der Waals surface area contributed by atoms with E-state index >= 15 is 0 Å². The highest BCUT2D eigenvalue weighted by molar-refractivity contribution is 6.75. The van der Waals surface area contributed by atoms with Crippen LogP contribution in [0.4, 0.5) is 0 Å². The quantitative estimate of drug-likeness (QED) is 0.385. The number of hydrogen-bond donors (Lipinski definition) is 0. The van der Waals surface area contributed by atoms with Crippen LogP contribution in [0.25, 0.3) is 33.5 Å². The molecule has 4 rings (SSSR count). The number of benzene rings is 3. The van der Waals surface area contributed by atoms with Crippen LogP contribution < -0.4 is 0 Å². The number of rotatable bonds is 4. The lowest BCUT2D eigenvalue weighted by Crippen LogP contribution is -2.23. The highest BCUT2D eigenvalue weighted by Gasteiger charge is 2.23. The summed E-state index contributed by atoms with van der Waals surface area (Å²) in [6, 6.07) is 26.0. The largest absolute Gasteiger partial charge is 0.441 e. The Morgan fingerprint density at radius 2 is 1.50 bits per heavy atom. The molecule has 0 aliphatic rings. The molecule has 0 N–H and O–H groups in total. The van der Waals surface area contributed by atoms with Gasteiger partial charge in [0.1, 0.15) is 11.5 Å². The lowest BCUT2D eigenvalue weighted by atomic mass is 10.0. The molecule has 0 radical (unpaired) electrons. The maximum atomic E-state index is 6.30. The zero-order chi connectivity index (χ0) is 18.1. The molecule has 1 heterocycles. The molecule has 1 aromatic heterocycles. The van der Waals surface area contributed by atoms with Gasteiger partial charge in [-0.25, -0.2) is 4.98 Å². The lowest BCUT2D eigenvalue weighted by Gasteiger charge is -2.14. The second-order valence-corrected chi connectivity index (χ2v) is 13.4. The van der Waals surface area contributed by atoms with Gasteiger partial charge in [0.25, 0.3) is 0 Å². The number of hydrogen-bond acceptors (Lipinski definition) is 2. The Hall–Kier alpha value is -2.65. The molecule has 3 heteroatoms. The molecule has 3 aromatic carbocycles. The Morgan fingerprint density at radius 3 is 2.27 bits per heavy atom. The van der Waals surface area contributed by atoms with Crippen molar-refractivity contribution in [3.63, 3.8) is 0 Å². The van der Waals surface area contributed by atoms with Gasteiger partial charge in [0.2, 0.25) is 5.89 Å². The fourth-order valence-electron chi connectivity index (χ4n) is 3.30. The molecule has 0 fully saturated rings. The molecule has 130 valence electrons. The molecule has 0 spiro atoms. The molecule has 0 bridgehead atoms. The van der Waals surface area contributed by atoms with Crippen molar-refractivity contribution in [3.05, 3.63) is 78.6 Å². The van der Waals surface area contributed by atoms with Crippen molar-refractivity contribution in [3.8, 4) is 22.7 Å². The normalized spacial score (nSPS) is 11.8. The number of oxazole rings is 1. The van der Waals surface area contributed by atoms with E-state index in [1.807, 2.05) is 18.2 Å². The summed E-state index contributed by atoms with van der Waals surface area (Å²) >= 11 is 0. The Bertz CT molecular complexity index is 1040. The molecule has 0 aliphatic heterocycles. The van der Waals surface area contributed by atoms with E-state index in [-0.39, 0.29) is 0 Å². The van der Waals surface area contributed by atoms with E-state index < -0.39 is 8.07 Å². The van der Waals surface area contributed by atoms with Crippen LogP contribution in [-0.2, 0) is 6.04 Å². The van der Waals surface area contributed by atoms with Gasteiger partial charge < -0.3 is 4.42 Å². The van der Waals surface area contributed by atoms with Gasteiger partial charge in [-0.1, -0.05) is 80.3 Å². The molecule has 0 saturated heterocycles. The predicted molar refractivity (Wildman–Crippen MR) is 112 cm³/mol. The minimum Gasteiger partial charge on any atom is -0.441 e. The van der Waals surface area contributed by atoms with E-state index in [0.717, 1.165) is 28.6 Å². The molecular formula is C23H23NOSi. The monoisotopic (exact) mass is 357 g/mol. The van der Waals surface area contributed by atoms with Gasteiger partial charge in [-0.2, -0.15) is 0 Å². The summed E-state index contributed by atoms with van der Waals surface area (Å²) in [4.78, 5) is 4.94. The first-order chi connectivity index (χ1) is 12.5. The summed E-state index contributed by atoms with van der Waals surface area (Å²) in [5.41, 5.74) is 3.17. The van der Waals surface area contributed by atoms with Crippen LogP contribution in [-0.4, -0.2) is 13.1 Å². The Morgan fingerprint density at radius 1 is 0.808 bits per heavy atom. The van der Waals surface area contributed by atoms with E-state index in [2.05, 4.69) is 74.2 Å². The van der Waals surface area contributed by atoms with Crippen molar-refractivity contribution < 1.29 is 4.42 Å². The number of nitrogens with zero attached hydrogens (tertiary/aromatic N) is 1. The smallest absolute Gasteiger partial charge is 0.226 e. The molecule has 2 nitrogen and oxygen atoms in total. The lowest BCUT2D eigenvalue weighted by molar-refractivity contribution is 0.536. The van der Waals surface area contributed by atoms with E-state index in [1.54, 1.807) is 0 Å². The minimum atomic E-state index is -1.35. The molecule has 0 aliphatic carbocycles. The van der Waals surface area contributed by atoms with Crippen molar-refractivity contribution in [2.45, 2.75) is 25.7 Å². The third-order valence-corrected chi connectivity index (χ3v) is 5.84. The van der Waals surface area contributed by atoms with Gasteiger partial charge >= 0.3 is 0 Å². The zero-order valence-corrected chi connectivity index (χ0v) is 16.5. The zero-order valence-electron chi connectivity index (χ0n) is 15.5. The molecule has 4 aromatic rings. The first-order valence-electron chi connectivity index (χ1n) is 9.04. The number of fused-ring (bicyclic) bond motifs is 1. The summed E-state index contributed by atoms with van der Waals surface area (Å²) in [5.74, 6) is 1.72. The molecule has 0 saturated carbocycles. The van der Waals surface area contributed by atoms with Gasteiger partial charge in [-0.15, -0.1) is 0 Å².